The fraction of sp³-hybridized carbons (Fsp3) is 0.750. The van der Waals surface area contributed by atoms with Gasteiger partial charge in [-0.15, -0.1) is 0 Å². The minimum atomic E-state index is -0.789. The smallest absolute Gasteiger partial charge is 0.306 e. The van der Waals surface area contributed by atoms with Crippen molar-refractivity contribution in [2.75, 3.05) is 13.2 Å². The Hall–Kier alpha value is -2.89. The Morgan fingerprint density at radius 3 is 1.09 bits per heavy atom. The van der Waals surface area contributed by atoms with Crippen molar-refractivity contribution in [3.05, 3.63) is 60.8 Å². The minimum absolute atomic E-state index is 0.0908. The Labute approximate surface area is 358 Å². The van der Waals surface area contributed by atoms with Crippen LogP contribution in [0.25, 0.3) is 0 Å². The van der Waals surface area contributed by atoms with E-state index in [4.69, 9.17) is 14.2 Å². The molecule has 0 saturated carbocycles. The number of hydrogen-bond donors (Lipinski definition) is 0. The van der Waals surface area contributed by atoms with Gasteiger partial charge in [0.2, 0.25) is 0 Å². The molecule has 0 aromatic carbocycles. The predicted octanol–water partition coefficient (Wildman–Crippen LogP) is 15.7. The van der Waals surface area contributed by atoms with E-state index in [1.165, 1.54) is 83.5 Å². The molecule has 0 aromatic rings. The summed E-state index contributed by atoms with van der Waals surface area (Å²) >= 11 is 0. The molecule has 0 aliphatic carbocycles. The summed E-state index contributed by atoms with van der Waals surface area (Å²) in [6.45, 7) is 6.51. The number of carbonyl (C=O) groups is 3. The number of rotatable bonds is 43. The van der Waals surface area contributed by atoms with Gasteiger partial charge in [0.1, 0.15) is 13.2 Å². The van der Waals surface area contributed by atoms with Crippen LogP contribution < -0.4 is 0 Å². The van der Waals surface area contributed by atoms with Gasteiger partial charge in [0.05, 0.1) is 0 Å². The Kier molecular flexibility index (Phi) is 44.5. The van der Waals surface area contributed by atoms with Crippen LogP contribution in [0, 0.1) is 0 Å². The highest BCUT2D eigenvalue weighted by molar-refractivity contribution is 5.71. The highest BCUT2D eigenvalue weighted by Crippen LogP contribution is 2.13. The third kappa shape index (κ3) is 44.2. The second-order valence-electron chi connectivity index (χ2n) is 16.1. The molecule has 0 aliphatic heterocycles. The van der Waals surface area contributed by atoms with Crippen molar-refractivity contribution in [2.24, 2.45) is 0 Å². The zero-order chi connectivity index (χ0) is 42.3. The molecule has 6 heteroatoms. The van der Waals surface area contributed by atoms with Crippen molar-refractivity contribution >= 4 is 17.9 Å². The van der Waals surface area contributed by atoms with Gasteiger partial charge in [-0.25, -0.2) is 0 Å². The summed E-state index contributed by atoms with van der Waals surface area (Å²) in [5.41, 5.74) is 0. The van der Waals surface area contributed by atoms with E-state index >= 15 is 0 Å². The summed E-state index contributed by atoms with van der Waals surface area (Å²) in [6, 6.07) is 0. The Balaban J connectivity index is 4.40. The van der Waals surface area contributed by atoms with Crippen LogP contribution in [0.5, 0.6) is 0 Å². The number of unbranched alkanes of at least 4 members (excludes halogenated alkanes) is 24. The first-order valence-corrected chi connectivity index (χ1v) is 24.3. The minimum Gasteiger partial charge on any atom is -0.462 e. The molecule has 0 bridgehead atoms. The van der Waals surface area contributed by atoms with E-state index in [-0.39, 0.29) is 31.1 Å². The second kappa shape index (κ2) is 46.8. The van der Waals surface area contributed by atoms with Gasteiger partial charge < -0.3 is 14.2 Å². The zero-order valence-electron chi connectivity index (χ0n) is 38.0. The number of carbonyl (C=O) groups excluding carboxylic acids is 3. The Morgan fingerprint density at radius 2 is 0.655 bits per heavy atom. The van der Waals surface area contributed by atoms with Crippen molar-refractivity contribution in [3.8, 4) is 0 Å². The molecule has 0 aromatic heterocycles. The first-order valence-electron chi connectivity index (χ1n) is 24.3. The van der Waals surface area contributed by atoms with Crippen LogP contribution in [-0.2, 0) is 28.6 Å². The van der Waals surface area contributed by atoms with Crippen LogP contribution >= 0.6 is 0 Å². The number of allylic oxidation sites excluding steroid dienone is 10. The van der Waals surface area contributed by atoms with Gasteiger partial charge in [0, 0.05) is 19.3 Å². The topological polar surface area (TPSA) is 78.9 Å². The standard InChI is InChI=1S/C52H90O6/c1-4-7-10-13-16-19-22-24-25-26-27-28-29-31-33-36-39-42-45-51(54)57-48-49(47-56-50(53)44-41-38-35-32-21-18-15-12-9-6-3)58-52(55)46-43-40-37-34-30-23-20-17-14-11-8-5-2/h15,17-18,20,22,24-28,49H,4-14,16,19,21,23,29-48H2,1-3H3/b18-15-,20-17-,24-22-,26-25-,28-27-. The predicted molar refractivity (Wildman–Crippen MR) is 247 cm³/mol. The molecule has 0 radical (unpaired) electrons. The summed E-state index contributed by atoms with van der Waals surface area (Å²) in [5.74, 6) is -0.934. The third-order valence-corrected chi connectivity index (χ3v) is 10.3. The quantitative estimate of drug-likeness (QED) is 0.0201. The largest absolute Gasteiger partial charge is 0.462 e. The van der Waals surface area contributed by atoms with Gasteiger partial charge in [0.15, 0.2) is 6.10 Å². The Bertz CT molecular complexity index is 1070. The lowest BCUT2D eigenvalue weighted by atomic mass is 10.1. The average molecular weight is 811 g/mol. The Morgan fingerprint density at radius 1 is 0.345 bits per heavy atom. The molecule has 0 aliphatic rings. The molecule has 0 heterocycles. The second-order valence-corrected chi connectivity index (χ2v) is 16.1. The lowest BCUT2D eigenvalue weighted by Crippen LogP contribution is -2.30. The lowest BCUT2D eigenvalue weighted by Gasteiger charge is -2.18. The fourth-order valence-electron chi connectivity index (χ4n) is 6.54. The van der Waals surface area contributed by atoms with Gasteiger partial charge in [-0.1, -0.05) is 184 Å². The summed E-state index contributed by atoms with van der Waals surface area (Å²) in [4.78, 5) is 37.8. The molecular formula is C52H90O6. The van der Waals surface area contributed by atoms with Crippen LogP contribution in [0.4, 0.5) is 0 Å². The van der Waals surface area contributed by atoms with E-state index in [2.05, 4.69) is 81.5 Å². The molecule has 0 rings (SSSR count). The summed E-state index contributed by atoms with van der Waals surface area (Å²) in [7, 11) is 0. The van der Waals surface area contributed by atoms with E-state index in [0.29, 0.717) is 19.3 Å². The first-order chi connectivity index (χ1) is 28.5. The summed E-state index contributed by atoms with van der Waals surface area (Å²) < 4.78 is 16.7. The van der Waals surface area contributed by atoms with Gasteiger partial charge in [-0.3, -0.25) is 14.4 Å². The van der Waals surface area contributed by atoms with Crippen LogP contribution in [0.2, 0.25) is 0 Å². The first kappa shape index (κ1) is 55.1. The summed E-state index contributed by atoms with van der Waals surface area (Å²) in [5, 5.41) is 0. The normalized spacial score (nSPS) is 12.5. The molecule has 58 heavy (non-hydrogen) atoms. The third-order valence-electron chi connectivity index (χ3n) is 10.3. The number of esters is 3. The van der Waals surface area contributed by atoms with Gasteiger partial charge in [-0.2, -0.15) is 0 Å². The highest BCUT2D eigenvalue weighted by Gasteiger charge is 2.19. The average Bonchev–Trinajstić information content (AvgIpc) is 3.22. The molecule has 0 saturated heterocycles. The molecule has 6 nitrogen and oxygen atoms in total. The van der Waals surface area contributed by atoms with Crippen LogP contribution in [0.15, 0.2) is 60.8 Å². The van der Waals surface area contributed by atoms with Crippen molar-refractivity contribution in [3.63, 3.8) is 0 Å². The zero-order valence-corrected chi connectivity index (χ0v) is 38.0. The van der Waals surface area contributed by atoms with E-state index in [0.717, 1.165) is 109 Å². The molecule has 0 fully saturated rings. The van der Waals surface area contributed by atoms with Crippen LogP contribution in [0.1, 0.15) is 233 Å². The molecule has 1 atom stereocenters. The number of hydrogen-bond acceptors (Lipinski definition) is 6. The van der Waals surface area contributed by atoms with E-state index in [1.807, 2.05) is 0 Å². The maximum atomic E-state index is 12.7. The van der Waals surface area contributed by atoms with Crippen molar-refractivity contribution in [1.82, 2.24) is 0 Å². The van der Waals surface area contributed by atoms with Gasteiger partial charge >= 0.3 is 17.9 Å². The highest BCUT2D eigenvalue weighted by atomic mass is 16.6. The number of ether oxygens (including phenoxy) is 3. The van der Waals surface area contributed by atoms with Crippen molar-refractivity contribution < 1.29 is 28.6 Å². The molecular weight excluding hydrogens is 721 g/mol. The van der Waals surface area contributed by atoms with E-state index in [1.54, 1.807) is 0 Å². The molecule has 0 amide bonds. The fourth-order valence-corrected chi connectivity index (χ4v) is 6.54. The van der Waals surface area contributed by atoms with Gasteiger partial charge in [-0.05, 0) is 89.9 Å². The van der Waals surface area contributed by atoms with Gasteiger partial charge in [0.25, 0.3) is 0 Å². The molecule has 0 N–H and O–H groups in total. The molecule has 334 valence electrons. The maximum absolute atomic E-state index is 12.7. The molecule has 1 unspecified atom stereocenters. The van der Waals surface area contributed by atoms with Crippen molar-refractivity contribution in [1.29, 1.82) is 0 Å². The maximum Gasteiger partial charge on any atom is 0.306 e. The monoisotopic (exact) mass is 811 g/mol. The SMILES string of the molecule is CCCC/C=C\CCCCCCC(=O)OCC(COC(=O)CCCCCCC\C=C/C=C\C=C/CCCCCCC)OC(=O)CCCCCCC/C=C\CCCCC. The van der Waals surface area contributed by atoms with Crippen LogP contribution in [-0.4, -0.2) is 37.2 Å². The lowest BCUT2D eigenvalue weighted by molar-refractivity contribution is -0.167. The molecule has 0 spiro atoms. The van der Waals surface area contributed by atoms with E-state index < -0.39 is 6.10 Å². The van der Waals surface area contributed by atoms with Crippen molar-refractivity contribution in [2.45, 2.75) is 239 Å². The summed E-state index contributed by atoms with van der Waals surface area (Å²) in [6.07, 6.45) is 56.3. The van der Waals surface area contributed by atoms with Crippen LogP contribution in [0.3, 0.4) is 0 Å². The van der Waals surface area contributed by atoms with E-state index in [9.17, 15) is 14.4 Å².